The largest absolute Gasteiger partial charge is 0.303 e. The number of likely N-dealkylation sites (tertiary alicyclic amines) is 1. The first-order valence-electron chi connectivity index (χ1n) is 6.11. The quantitative estimate of drug-likeness (QED) is 0.679. The van der Waals surface area contributed by atoms with Gasteiger partial charge in [-0.3, -0.25) is 4.90 Å². The van der Waals surface area contributed by atoms with Crippen LogP contribution >= 0.6 is 0 Å². The van der Waals surface area contributed by atoms with E-state index in [-0.39, 0.29) is 0 Å². The Bertz CT molecular complexity index is 177. The number of hydrogen-bond donors (Lipinski definition) is 0. The van der Waals surface area contributed by atoms with Crippen LogP contribution in [-0.4, -0.2) is 48.6 Å². The second-order valence-corrected chi connectivity index (χ2v) is 5.53. The standard InChI is InChI=1S/C12H24N2/c1-10(2)6-7-14-11-4-5-12(14)9-13(3)8-11/h10-12H,4-9H2,1-3H3. The third-order valence-corrected chi connectivity index (χ3v) is 3.78. The van der Waals surface area contributed by atoms with E-state index >= 15 is 0 Å². The van der Waals surface area contributed by atoms with E-state index in [1.807, 2.05) is 0 Å². The number of piperazine rings is 1. The van der Waals surface area contributed by atoms with Crippen LogP contribution in [0.15, 0.2) is 0 Å². The van der Waals surface area contributed by atoms with E-state index in [4.69, 9.17) is 0 Å². The highest BCUT2D eigenvalue weighted by atomic mass is 15.3. The number of rotatable bonds is 3. The minimum atomic E-state index is 0.856. The molecule has 2 heterocycles. The van der Waals surface area contributed by atoms with Crippen LogP contribution in [-0.2, 0) is 0 Å². The van der Waals surface area contributed by atoms with Gasteiger partial charge in [-0.2, -0.15) is 0 Å². The minimum Gasteiger partial charge on any atom is -0.303 e. The molecule has 2 rings (SSSR count). The predicted octanol–water partition coefficient (Wildman–Crippen LogP) is 1.81. The highest BCUT2D eigenvalue weighted by Gasteiger charge is 2.37. The molecule has 2 aliphatic rings. The summed E-state index contributed by atoms with van der Waals surface area (Å²) in [5.74, 6) is 0.856. The molecule has 2 heteroatoms. The van der Waals surface area contributed by atoms with Crippen LogP contribution in [0.5, 0.6) is 0 Å². The topological polar surface area (TPSA) is 6.48 Å². The van der Waals surface area contributed by atoms with Crippen LogP contribution in [0, 0.1) is 5.92 Å². The average molecular weight is 196 g/mol. The molecule has 0 aliphatic carbocycles. The molecule has 0 aromatic heterocycles. The molecule has 2 nitrogen and oxygen atoms in total. The SMILES string of the molecule is CC(C)CCN1C2CCC1CN(C)C2. The summed E-state index contributed by atoms with van der Waals surface area (Å²) >= 11 is 0. The van der Waals surface area contributed by atoms with Gasteiger partial charge in [-0.25, -0.2) is 0 Å². The van der Waals surface area contributed by atoms with Crippen molar-refractivity contribution >= 4 is 0 Å². The second-order valence-electron chi connectivity index (χ2n) is 5.53. The molecular weight excluding hydrogens is 172 g/mol. The normalized spacial score (nSPS) is 34.3. The van der Waals surface area contributed by atoms with E-state index in [2.05, 4.69) is 30.7 Å². The maximum absolute atomic E-state index is 2.78. The van der Waals surface area contributed by atoms with E-state index in [0.717, 1.165) is 18.0 Å². The highest BCUT2D eigenvalue weighted by molar-refractivity contribution is 4.94. The Morgan fingerprint density at radius 3 is 2.21 bits per heavy atom. The van der Waals surface area contributed by atoms with Gasteiger partial charge >= 0.3 is 0 Å². The first kappa shape index (κ1) is 10.4. The highest BCUT2D eigenvalue weighted by Crippen LogP contribution is 2.29. The van der Waals surface area contributed by atoms with Crippen molar-refractivity contribution in [3.8, 4) is 0 Å². The lowest BCUT2D eigenvalue weighted by Gasteiger charge is -2.39. The summed E-state index contributed by atoms with van der Waals surface area (Å²) in [4.78, 5) is 5.29. The molecule has 2 aliphatic heterocycles. The number of likely N-dealkylation sites (N-methyl/N-ethyl adjacent to an activating group) is 1. The van der Waals surface area contributed by atoms with Crippen molar-refractivity contribution < 1.29 is 0 Å². The smallest absolute Gasteiger partial charge is 0.0227 e. The number of fused-ring (bicyclic) bond motifs is 2. The van der Waals surface area contributed by atoms with Gasteiger partial charge in [-0.05, 0) is 38.8 Å². The van der Waals surface area contributed by atoms with Crippen LogP contribution in [0.3, 0.4) is 0 Å². The maximum Gasteiger partial charge on any atom is 0.0227 e. The van der Waals surface area contributed by atoms with Gasteiger partial charge in [0.15, 0.2) is 0 Å². The molecule has 0 saturated carbocycles. The molecule has 2 unspecified atom stereocenters. The summed E-state index contributed by atoms with van der Waals surface area (Å²) in [5, 5.41) is 0. The van der Waals surface area contributed by atoms with Crippen molar-refractivity contribution in [1.82, 2.24) is 9.80 Å². The minimum absolute atomic E-state index is 0.856. The molecule has 0 spiro atoms. The van der Waals surface area contributed by atoms with Crippen molar-refractivity contribution in [1.29, 1.82) is 0 Å². The zero-order valence-corrected chi connectivity index (χ0v) is 9.87. The van der Waals surface area contributed by atoms with Gasteiger partial charge < -0.3 is 4.90 Å². The Balaban J connectivity index is 1.88. The molecule has 0 N–H and O–H groups in total. The third-order valence-electron chi connectivity index (χ3n) is 3.78. The first-order chi connectivity index (χ1) is 6.66. The number of nitrogens with zero attached hydrogens (tertiary/aromatic N) is 2. The summed E-state index contributed by atoms with van der Waals surface area (Å²) in [6, 6.07) is 1.75. The Morgan fingerprint density at radius 2 is 1.71 bits per heavy atom. The fourth-order valence-corrected chi connectivity index (χ4v) is 2.97. The second kappa shape index (κ2) is 4.19. The molecule has 2 bridgehead atoms. The van der Waals surface area contributed by atoms with Gasteiger partial charge in [0.05, 0.1) is 0 Å². The summed E-state index contributed by atoms with van der Waals surface area (Å²) in [7, 11) is 2.27. The van der Waals surface area contributed by atoms with Crippen LogP contribution in [0.2, 0.25) is 0 Å². The van der Waals surface area contributed by atoms with Gasteiger partial charge in [0.1, 0.15) is 0 Å². The van der Waals surface area contributed by atoms with Gasteiger partial charge in [0.2, 0.25) is 0 Å². The Kier molecular flexibility index (Phi) is 3.13. The summed E-state index contributed by atoms with van der Waals surface area (Å²) < 4.78 is 0. The lowest BCUT2D eigenvalue weighted by Crippen LogP contribution is -2.52. The van der Waals surface area contributed by atoms with E-state index in [0.29, 0.717) is 0 Å². The molecule has 14 heavy (non-hydrogen) atoms. The zero-order valence-electron chi connectivity index (χ0n) is 9.87. The van der Waals surface area contributed by atoms with Crippen LogP contribution in [0.1, 0.15) is 33.1 Å². The fourth-order valence-electron chi connectivity index (χ4n) is 2.97. The van der Waals surface area contributed by atoms with Crippen LogP contribution < -0.4 is 0 Å². The van der Waals surface area contributed by atoms with Gasteiger partial charge in [-0.1, -0.05) is 13.8 Å². The molecule has 0 radical (unpaired) electrons. The Morgan fingerprint density at radius 1 is 1.14 bits per heavy atom. The summed E-state index contributed by atoms with van der Waals surface area (Å²) in [6.45, 7) is 8.60. The summed E-state index contributed by atoms with van der Waals surface area (Å²) in [5.41, 5.74) is 0. The van der Waals surface area contributed by atoms with Crippen molar-refractivity contribution in [3.63, 3.8) is 0 Å². The first-order valence-corrected chi connectivity index (χ1v) is 6.11. The van der Waals surface area contributed by atoms with E-state index < -0.39 is 0 Å². The Labute approximate surface area is 88.3 Å². The molecule has 2 atom stereocenters. The lowest BCUT2D eigenvalue weighted by atomic mass is 10.1. The Hall–Kier alpha value is -0.0800. The number of hydrogen-bond acceptors (Lipinski definition) is 2. The average Bonchev–Trinajstić information content (AvgIpc) is 2.34. The van der Waals surface area contributed by atoms with E-state index in [9.17, 15) is 0 Å². The molecular formula is C12H24N2. The predicted molar refractivity (Wildman–Crippen MR) is 60.5 cm³/mol. The van der Waals surface area contributed by atoms with Crippen molar-refractivity contribution in [3.05, 3.63) is 0 Å². The van der Waals surface area contributed by atoms with E-state index in [1.54, 1.807) is 0 Å². The molecule has 0 amide bonds. The molecule has 0 aromatic rings. The van der Waals surface area contributed by atoms with Crippen molar-refractivity contribution in [2.24, 2.45) is 5.92 Å². The third kappa shape index (κ3) is 2.12. The zero-order chi connectivity index (χ0) is 10.1. The molecule has 82 valence electrons. The maximum atomic E-state index is 2.78. The monoisotopic (exact) mass is 196 g/mol. The van der Waals surface area contributed by atoms with Gasteiger partial charge in [0, 0.05) is 25.2 Å². The van der Waals surface area contributed by atoms with Crippen LogP contribution in [0.4, 0.5) is 0 Å². The lowest BCUT2D eigenvalue weighted by molar-refractivity contribution is 0.0784. The molecule has 0 aromatic carbocycles. The molecule has 2 fully saturated rings. The van der Waals surface area contributed by atoms with Crippen molar-refractivity contribution in [2.45, 2.75) is 45.2 Å². The van der Waals surface area contributed by atoms with E-state index in [1.165, 1.54) is 38.9 Å². The summed E-state index contributed by atoms with van der Waals surface area (Å²) in [6.07, 6.45) is 4.25. The fraction of sp³-hybridized carbons (Fsp3) is 1.00. The van der Waals surface area contributed by atoms with Crippen molar-refractivity contribution in [2.75, 3.05) is 26.7 Å². The van der Waals surface area contributed by atoms with Gasteiger partial charge in [-0.15, -0.1) is 0 Å². The molecule has 2 saturated heterocycles. The van der Waals surface area contributed by atoms with Gasteiger partial charge in [0.25, 0.3) is 0 Å². The van der Waals surface area contributed by atoms with Crippen LogP contribution in [0.25, 0.3) is 0 Å².